The number of rotatable bonds is 7. The molecule has 0 atom stereocenters. The topological polar surface area (TPSA) is 23.0 Å². The Balaban J connectivity index is 0.973. The standard InChI is InChI=1S/C56H40N2O/c1-2-3-11-36-18-19-39-31-43(24-20-38(39)30-36)57-51-16-9-7-14-45(51)47-32-41(21-26-53(47)57)42-22-27-54-48(33-42)46-15-8-10-17-52(46)58(54)44-25-29-56-50(35-44)49-34-40(23-28-55(49)59-56)37-12-5-4-6-13-37/h4-10,12-35H,2-3,11H2,1H3. The van der Waals surface area contributed by atoms with Crippen molar-refractivity contribution in [3.05, 3.63) is 194 Å². The summed E-state index contributed by atoms with van der Waals surface area (Å²) in [5.74, 6) is 0. The number of aryl methyl sites for hydroxylation is 1. The number of nitrogens with zero attached hydrogens (tertiary/aromatic N) is 2. The molecule has 3 heterocycles. The third kappa shape index (κ3) is 5.42. The number of hydrogen-bond acceptors (Lipinski definition) is 1. The van der Waals surface area contributed by atoms with E-state index in [1.807, 2.05) is 0 Å². The van der Waals surface area contributed by atoms with Crippen LogP contribution >= 0.6 is 0 Å². The molecule has 12 aromatic rings. The van der Waals surface area contributed by atoms with Gasteiger partial charge in [0.25, 0.3) is 0 Å². The first kappa shape index (κ1) is 33.7. The molecular formula is C56H40N2O. The molecule has 0 aliphatic rings. The van der Waals surface area contributed by atoms with Crippen LogP contribution in [0.5, 0.6) is 0 Å². The average molecular weight is 757 g/mol. The van der Waals surface area contributed by atoms with Crippen LogP contribution in [0.2, 0.25) is 0 Å². The zero-order valence-corrected chi connectivity index (χ0v) is 32.8. The Morgan fingerprint density at radius 1 is 0.373 bits per heavy atom. The Morgan fingerprint density at radius 2 is 0.881 bits per heavy atom. The lowest BCUT2D eigenvalue weighted by Gasteiger charge is -2.11. The molecule has 3 nitrogen and oxygen atoms in total. The highest BCUT2D eigenvalue weighted by molar-refractivity contribution is 6.13. The van der Waals surface area contributed by atoms with Crippen LogP contribution in [0.3, 0.4) is 0 Å². The van der Waals surface area contributed by atoms with Gasteiger partial charge in [-0.3, -0.25) is 0 Å². The van der Waals surface area contributed by atoms with Gasteiger partial charge in [0.2, 0.25) is 0 Å². The molecule has 0 N–H and O–H groups in total. The maximum Gasteiger partial charge on any atom is 0.135 e. The van der Waals surface area contributed by atoms with E-state index in [0.717, 1.165) is 34.0 Å². The molecule has 0 amide bonds. The van der Waals surface area contributed by atoms with Gasteiger partial charge in [-0.1, -0.05) is 123 Å². The monoisotopic (exact) mass is 756 g/mol. The Bertz CT molecular complexity index is 3600. The van der Waals surface area contributed by atoms with Crippen LogP contribution in [0, 0.1) is 0 Å². The second-order valence-electron chi connectivity index (χ2n) is 16.0. The second-order valence-corrected chi connectivity index (χ2v) is 16.0. The summed E-state index contributed by atoms with van der Waals surface area (Å²) < 4.78 is 11.2. The lowest BCUT2D eigenvalue weighted by Crippen LogP contribution is -1.94. The first-order valence-electron chi connectivity index (χ1n) is 20.8. The highest BCUT2D eigenvalue weighted by Crippen LogP contribution is 2.40. The maximum absolute atomic E-state index is 6.36. The molecule has 9 aromatic carbocycles. The molecule has 0 saturated heterocycles. The first-order chi connectivity index (χ1) is 29.2. The number of unbranched alkanes of at least 4 members (excludes halogenated alkanes) is 1. The zero-order chi connectivity index (χ0) is 39.0. The molecule has 0 aliphatic heterocycles. The SMILES string of the molecule is CCCCc1ccc2cc(-n3c4ccccc4c4cc(-c5ccc6c(c5)c5ccccc5n6-c5ccc6oc7ccc(-c8ccccc8)cc7c6c5)ccc43)ccc2c1. The van der Waals surface area contributed by atoms with Gasteiger partial charge in [0, 0.05) is 43.7 Å². The van der Waals surface area contributed by atoms with Crippen molar-refractivity contribution in [1.29, 1.82) is 0 Å². The van der Waals surface area contributed by atoms with E-state index in [-0.39, 0.29) is 0 Å². The van der Waals surface area contributed by atoms with Gasteiger partial charge in [-0.2, -0.15) is 0 Å². The molecule has 12 rings (SSSR count). The van der Waals surface area contributed by atoms with Crippen molar-refractivity contribution < 1.29 is 4.42 Å². The van der Waals surface area contributed by atoms with E-state index in [1.54, 1.807) is 0 Å². The van der Waals surface area contributed by atoms with Crippen LogP contribution < -0.4 is 0 Å². The van der Waals surface area contributed by atoms with Crippen LogP contribution in [-0.4, -0.2) is 9.13 Å². The molecule has 0 fully saturated rings. The van der Waals surface area contributed by atoms with Crippen molar-refractivity contribution in [3.63, 3.8) is 0 Å². The van der Waals surface area contributed by atoms with E-state index in [0.29, 0.717) is 0 Å². The normalized spacial score (nSPS) is 12.0. The minimum absolute atomic E-state index is 0.894. The summed E-state index contributed by atoms with van der Waals surface area (Å²) in [7, 11) is 0. The minimum atomic E-state index is 0.894. The third-order valence-corrected chi connectivity index (χ3v) is 12.5. The van der Waals surface area contributed by atoms with Crippen molar-refractivity contribution >= 4 is 76.3 Å². The van der Waals surface area contributed by atoms with E-state index in [2.05, 4.69) is 204 Å². The number of para-hydroxylation sites is 2. The van der Waals surface area contributed by atoms with Crippen molar-refractivity contribution in [2.24, 2.45) is 0 Å². The molecule has 280 valence electrons. The number of hydrogen-bond donors (Lipinski definition) is 0. The molecule has 3 heteroatoms. The van der Waals surface area contributed by atoms with Crippen LogP contribution in [-0.2, 0) is 6.42 Å². The molecule has 0 bridgehead atoms. The van der Waals surface area contributed by atoms with E-state index < -0.39 is 0 Å². The van der Waals surface area contributed by atoms with E-state index in [4.69, 9.17) is 4.42 Å². The lowest BCUT2D eigenvalue weighted by atomic mass is 10.0. The van der Waals surface area contributed by atoms with Crippen LogP contribution in [0.25, 0.3) is 110 Å². The minimum Gasteiger partial charge on any atom is -0.456 e. The second kappa shape index (κ2) is 13.4. The highest BCUT2D eigenvalue weighted by atomic mass is 16.3. The number of benzene rings is 9. The Hall–Kier alpha value is -7.36. The van der Waals surface area contributed by atoms with E-state index in [1.165, 1.54) is 101 Å². The molecule has 0 aliphatic carbocycles. The summed E-state index contributed by atoms with van der Waals surface area (Å²) in [6.07, 6.45) is 3.57. The van der Waals surface area contributed by atoms with E-state index in [9.17, 15) is 0 Å². The van der Waals surface area contributed by atoms with Gasteiger partial charge in [0.05, 0.1) is 22.1 Å². The highest BCUT2D eigenvalue weighted by Gasteiger charge is 2.18. The van der Waals surface area contributed by atoms with Gasteiger partial charge in [-0.25, -0.2) is 0 Å². The van der Waals surface area contributed by atoms with Crippen molar-refractivity contribution in [3.8, 4) is 33.6 Å². The fourth-order valence-corrected chi connectivity index (χ4v) is 9.53. The Morgan fingerprint density at radius 3 is 1.58 bits per heavy atom. The maximum atomic E-state index is 6.36. The van der Waals surface area contributed by atoms with Gasteiger partial charge in [0.1, 0.15) is 11.2 Å². The predicted octanol–water partition coefficient (Wildman–Crippen LogP) is 15.6. The number of furan rings is 1. The molecule has 0 saturated carbocycles. The van der Waals surface area contributed by atoms with Gasteiger partial charge in [-0.05, 0) is 130 Å². The van der Waals surface area contributed by atoms with Crippen molar-refractivity contribution in [1.82, 2.24) is 9.13 Å². The van der Waals surface area contributed by atoms with Crippen LogP contribution in [0.4, 0.5) is 0 Å². The smallest absolute Gasteiger partial charge is 0.135 e. The predicted molar refractivity (Wildman–Crippen MR) is 249 cm³/mol. The fourth-order valence-electron chi connectivity index (χ4n) is 9.53. The van der Waals surface area contributed by atoms with Crippen molar-refractivity contribution in [2.75, 3.05) is 0 Å². The largest absolute Gasteiger partial charge is 0.456 e. The summed E-state index contributed by atoms with van der Waals surface area (Å²) >= 11 is 0. The molecular weight excluding hydrogens is 717 g/mol. The first-order valence-corrected chi connectivity index (χ1v) is 20.8. The summed E-state index contributed by atoms with van der Waals surface area (Å²) in [5, 5.41) is 9.80. The summed E-state index contributed by atoms with van der Waals surface area (Å²) in [5.41, 5.74) is 15.1. The average Bonchev–Trinajstić information content (AvgIpc) is 3.95. The quantitative estimate of drug-likeness (QED) is 0.159. The van der Waals surface area contributed by atoms with Crippen LogP contribution in [0.15, 0.2) is 192 Å². The molecule has 0 radical (unpaired) electrons. The summed E-state index contributed by atoms with van der Waals surface area (Å²) in [6, 6.07) is 69.1. The Kier molecular flexibility index (Phi) is 7.64. The van der Waals surface area contributed by atoms with Gasteiger partial charge in [0.15, 0.2) is 0 Å². The summed E-state index contributed by atoms with van der Waals surface area (Å²) in [4.78, 5) is 0. The van der Waals surface area contributed by atoms with E-state index >= 15 is 0 Å². The number of fused-ring (bicyclic) bond motifs is 10. The lowest BCUT2D eigenvalue weighted by molar-refractivity contribution is 0.669. The van der Waals surface area contributed by atoms with Crippen LogP contribution in [0.1, 0.15) is 25.3 Å². The molecule has 0 spiro atoms. The summed E-state index contributed by atoms with van der Waals surface area (Å²) in [6.45, 7) is 2.26. The van der Waals surface area contributed by atoms with Gasteiger partial charge in [-0.15, -0.1) is 0 Å². The fraction of sp³-hybridized carbons (Fsp3) is 0.0714. The third-order valence-electron chi connectivity index (χ3n) is 12.5. The van der Waals surface area contributed by atoms with Gasteiger partial charge < -0.3 is 13.6 Å². The van der Waals surface area contributed by atoms with Gasteiger partial charge >= 0.3 is 0 Å². The Labute approximate surface area is 342 Å². The molecule has 3 aromatic heterocycles. The number of aromatic nitrogens is 2. The van der Waals surface area contributed by atoms with Crippen molar-refractivity contribution in [2.45, 2.75) is 26.2 Å². The molecule has 0 unspecified atom stereocenters. The zero-order valence-electron chi connectivity index (χ0n) is 32.8. The molecule has 59 heavy (non-hydrogen) atoms.